The number of amides is 1. The SMILES string of the molecule is CC(CCCNC(=O)c1c[nH]c2ccccc12)C(=O)O. The molecule has 0 aliphatic rings. The number of carboxylic acid groups (broad SMARTS) is 1. The smallest absolute Gasteiger partial charge is 0.306 e. The second-order valence-corrected chi connectivity index (χ2v) is 4.89. The number of rotatable bonds is 6. The molecule has 1 atom stereocenters. The van der Waals surface area contributed by atoms with Gasteiger partial charge in [0.1, 0.15) is 0 Å². The van der Waals surface area contributed by atoms with Crippen molar-refractivity contribution in [1.29, 1.82) is 0 Å². The molecule has 0 saturated carbocycles. The third kappa shape index (κ3) is 3.17. The van der Waals surface area contributed by atoms with Crippen molar-refractivity contribution < 1.29 is 14.7 Å². The standard InChI is InChI=1S/C15H18N2O3/c1-10(15(19)20)5-4-8-16-14(18)12-9-17-13-7-3-2-6-11(12)13/h2-3,6-7,9-10,17H,4-5,8H2,1H3,(H,16,18)(H,19,20). The highest BCUT2D eigenvalue weighted by atomic mass is 16.4. The van der Waals surface area contributed by atoms with E-state index in [0.29, 0.717) is 24.9 Å². The zero-order chi connectivity index (χ0) is 14.5. The summed E-state index contributed by atoms with van der Waals surface area (Å²) in [6.45, 7) is 2.15. The number of carbonyl (C=O) groups is 2. The van der Waals surface area contributed by atoms with Crippen molar-refractivity contribution in [2.45, 2.75) is 19.8 Å². The van der Waals surface area contributed by atoms with Crippen molar-refractivity contribution >= 4 is 22.8 Å². The fourth-order valence-electron chi connectivity index (χ4n) is 2.09. The van der Waals surface area contributed by atoms with Crippen molar-refractivity contribution in [3.8, 4) is 0 Å². The highest BCUT2D eigenvalue weighted by Crippen LogP contribution is 2.17. The number of H-pyrrole nitrogens is 1. The molecular weight excluding hydrogens is 256 g/mol. The number of hydrogen-bond acceptors (Lipinski definition) is 2. The Morgan fingerprint density at radius 1 is 1.35 bits per heavy atom. The lowest BCUT2D eigenvalue weighted by Gasteiger charge is -2.07. The lowest BCUT2D eigenvalue weighted by Crippen LogP contribution is -2.25. The van der Waals surface area contributed by atoms with Crippen LogP contribution in [0.5, 0.6) is 0 Å². The second kappa shape index (κ2) is 6.23. The average Bonchev–Trinajstić information content (AvgIpc) is 2.87. The number of nitrogens with one attached hydrogen (secondary N) is 2. The highest BCUT2D eigenvalue weighted by molar-refractivity contribution is 6.06. The second-order valence-electron chi connectivity index (χ2n) is 4.89. The van der Waals surface area contributed by atoms with E-state index in [1.165, 1.54) is 0 Å². The first kappa shape index (κ1) is 14.1. The van der Waals surface area contributed by atoms with E-state index in [9.17, 15) is 9.59 Å². The summed E-state index contributed by atoms with van der Waals surface area (Å²) < 4.78 is 0. The molecule has 0 aliphatic heterocycles. The van der Waals surface area contributed by atoms with Crippen LogP contribution in [0, 0.1) is 5.92 Å². The van der Waals surface area contributed by atoms with Gasteiger partial charge in [0.25, 0.3) is 5.91 Å². The zero-order valence-electron chi connectivity index (χ0n) is 11.3. The largest absolute Gasteiger partial charge is 0.481 e. The summed E-state index contributed by atoms with van der Waals surface area (Å²) in [7, 11) is 0. The molecule has 0 aliphatic carbocycles. The molecule has 1 unspecified atom stereocenters. The van der Waals surface area contributed by atoms with Gasteiger partial charge < -0.3 is 15.4 Å². The molecule has 0 fully saturated rings. The van der Waals surface area contributed by atoms with Gasteiger partial charge in [0.2, 0.25) is 0 Å². The van der Waals surface area contributed by atoms with E-state index >= 15 is 0 Å². The van der Waals surface area contributed by atoms with Gasteiger partial charge in [0.15, 0.2) is 0 Å². The van der Waals surface area contributed by atoms with E-state index in [1.807, 2.05) is 24.3 Å². The van der Waals surface area contributed by atoms with Crippen LogP contribution >= 0.6 is 0 Å². The number of carbonyl (C=O) groups excluding carboxylic acids is 1. The molecule has 2 rings (SSSR count). The monoisotopic (exact) mass is 274 g/mol. The van der Waals surface area contributed by atoms with E-state index < -0.39 is 5.97 Å². The molecule has 5 heteroatoms. The van der Waals surface area contributed by atoms with Crippen molar-refractivity contribution in [2.75, 3.05) is 6.54 Å². The predicted molar refractivity (Wildman–Crippen MR) is 76.7 cm³/mol. The van der Waals surface area contributed by atoms with Gasteiger partial charge in [0.05, 0.1) is 11.5 Å². The molecular formula is C15H18N2O3. The minimum Gasteiger partial charge on any atom is -0.481 e. The summed E-state index contributed by atoms with van der Waals surface area (Å²) in [5, 5.41) is 12.5. The van der Waals surface area contributed by atoms with E-state index in [-0.39, 0.29) is 11.8 Å². The van der Waals surface area contributed by atoms with Gasteiger partial charge in [-0.1, -0.05) is 25.1 Å². The maximum absolute atomic E-state index is 12.1. The van der Waals surface area contributed by atoms with E-state index in [0.717, 1.165) is 10.9 Å². The lowest BCUT2D eigenvalue weighted by atomic mass is 10.1. The van der Waals surface area contributed by atoms with Gasteiger partial charge in [-0.15, -0.1) is 0 Å². The molecule has 0 radical (unpaired) electrons. The molecule has 0 spiro atoms. The van der Waals surface area contributed by atoms with Gasteiger partial charge in [-0.3, -0.25) is 9.59 Å². The van der Waals surface area contributed by atoms with E-state index in [2.05, 4.69) is 10.3 Å². The third-order valence-electron chi connectivity index (χ3n) is 3.35. The van der Waals surface area contributed by atoms with Gasteiger partial charge in [0, 0.05) is 23.6 Å². The van der Waals surface area contributed by atoms with Crippen molar-refractivity contribution in [3.05, 3.63) is 36.0 Å². The molecule has 1 amide bonds. The number of benzene rings is 1. The van der Waals surface area contributed by atoms with Crippen LogP contribution in [0.25, 0.3) is 10.9 Å². The fraction of sp³-hybridized carbons (Fsp3) is 0.333. The molecule has 1 aromatic carbocycles. The molecule has 2 aromatic rings. The summed E-state index contributed by atoms with van der Waals surface area (Å²) in [5.74, 6) is -1.31. The van der Waals surface area contributed by atoms with Crippen LogP contribution < -0.4 is 5.32 Å². The first-order chi connectivity index (χ1) is 9.59. The van der Waals surface area contributed by atoms with E-state index in [4.69, 9.17) is 5.11 Å². The summed E-state index contributed by atoms with van der Waals surface area (Å²) in [4.78, 5) is 25.8. The van der Waals surface area contributed by atoms with Crippen LogP contribution in [0.3, 0.4) is 0 Å². The van der Waals surface area contributed by atoms with Crippen molar-refractivity contribution in [1.82, 2.24) is 10.3 Å². The number of carboxylic acids is 1. The number of fused-ring (bicyclic) bond motifs is 1. The molecule has 0 bridgehead atoms. The number of para-hydroxylation sites is 1. The Bertz CT molecular complexity index is 618. The predicted octanol–water partition coefficient (Wildman–Crippen LogP) is 2.40. The summed E-state index contributed by atoms with van der Waals surface area (Å²) in [6, 6.07) is 7.61. The Morgan fingerprint density at radius 2 is 2.10 bits per heavy atom. The topological polar surface area (TPSA) is 82.2 Å². The Morgan fingerprint density at radius 3 is 2.85 bits per heavy atom. The van der Waals surface area contributed by atoms with Crippen LogP contribution in [-0.2, 0) is 4.79 Å². The molecule has 1 aromatic heterocycles. The minimum atomic E-state index is -0.798. The van der Waals surface area contributed by atoms with Gasteiger partial charge in [-0.05, 0) is 18.9 Å². The van der Waals surface area contributed by atoms with Gasteiger partial charge in [-0.25, -0.2) is 0 Å². The van der Waals surface area contributed by atoms with Crippen LogP contribution in [0.2, 0.25) is 0 Å². The molecule has 0 saturated heterocycles. The lowest BCUT2D eigenvalue weighted by molar-refractivity contribution is -0.141. The van der Waals surface area contributed by atoms with Crippen molar-refractivity contribution in [2.24, 2.45) is 5.92 Å². The maximum Gasteiger partial charge on any atom is 0.306 e. The first-order valence-corrected chi connectivity index (χ1v) is 6.66. The van der Waals surface area contributed by atoms with Crippen LogP contribution in [0.4, 0.5) is 0 Å². The van der Waals surface area contributed by atoms with Crippen LogP contribution in [-0.4, -0.2) is 28.5 Å². The highest BCUT2D eigenvalue weighted by Gasteiger charge is 2.12. The number of aliphatic carboxylic acids is 1. The Balaban J connectivity index is 1.88. The summed E-state index contributed by atoms with van der Waals surface area (Å²) >= 11 is 0. The Kier molecular flexibility index (Phi) is 4.40. The van der Waals surface area contributed by atoms with Gasteiger partial charge >= 0.3 is 5.97 Å². The van der Waals surface area contributed by atoms with E-state index in [1.54, 1.807) is 13.1 Å². The average molecular weight is 274 g/mol. The summed E-state index contributed by atoms with van der Waals surface area (Å²) in [6.07, 6.45) is 2.91. The molecule has 106 valence electrons. The Hall–Kier alpha value is -2.30. The summed E-state index contributed by atoms with van der Waals surface area (Å²) in [5.41, 5.74) is 1.55. The molecule has 3 N–H and O–H groups in total. The van der Waals surface area contributed by atoms with Crippen molar-refractivity contribution in [3.63, 3.8) is 0 Å². The Labute approximate surface area is 117 Å². The molecule has 20 heavy (non-hydrogen) atoms. The van der Waals surface area contributed by atoms with Crippen LogP contribution in [0.15, 0.2) is 30.5 Å². The van der Waals surface area contributed by atoms with Gasteiger partial charge in [-0.2, -0.15) is 0 Å². The normalized spacial score (nSPS) is 12.2. The molecule has 1 heterocycles. The minimum absolute atomic E-state index is 0.134. The van der Waals surface area contributed by atoms with Crippen LogP contribution in [0.1, 0.15) is 30.1 Å². The first-order valence-electron chi connectivity index (χ1n) is 6.66. The number of aromatic nitrogens is 1. The number of hydrogen-bond donors (Lipinski definition) is 3. The maximum atomic E-state index is 12.1. The fourth-order valence-corrected chi connectivity index (χ4v) is 2.09. The number of aromatic amines is 1. The zero-order valence-corrected chi connectivity index (χ0v) is 11.3. The third-order valence-corrected chi connectivity index (χ3v) is 3.35. The quantitative estimate of drug-likeness (QED) is 0.707. The molecule has 5 nitrogen and oxygen atoms in total.